The highest BCUT2D eigenvalue weighted by Gasteiger charge is 2.23. The van der Waals surface area contributed by atoms with Gasteiger partial charge in [-0.2, -0.15) is 0 Å². The Morgan fingerprint density at radius 3 is 1.47 bits per heavy atom. The molecule has 0 unspecified atom stereocenters. The van der Waals surface area contributed by atoms with Crippen LogP contribution in [0.3, 0.4) is 0 Å². The van der Waals surface area contributed by atoms with Gasteiger partial charge in [0, 0.05) is 95.4 Å². The second kappa shape index (κ2) is 20.7. The number of nitrogens with zero attached hydrogens (tertiary/aromatic N) is 4. The number of hydrogen-bond acceptors (Lipinski definition) is 9. The third kappa shape index (κ3) is 16.6. The van der Waals surface area contributed by atoms with Gasteiger partial charge in [0.1, 0.15) is 12.4 Å². The third-order valence-corrected chi connectivity index (χ3v) is 6.87. The van der Waals surface area contributed by atoms with Gasteiger partial charge in [0.05, 0.1) is 0 Å². The third-order valence-electron chi connectivity index (χ3n) is 6.87. The molecular weight excluding hydrogens is 619 g/mol. The topological polar surface area (TPSA) is 188 Å². The van der Waals surface area contributed by atoms with Crippen LogP contribution in [0.25, 0.3) is 0 Å². The molecule has 14 nitrogen and oxygen atoms in total. The Balaban J connectivity index is 0.000000397. The molecule has 2 saturated heterocycles. The lowest BCUT2D eigenvalue weighted by molar-refractivity contribution is -0.134. The number of piperazine rings is 2. The van der Waals surface area contributed by atoms with E-state index in [4.69, 9.17) is 25.2 Å². The number of anilines is 1. The van der Waals surface area contributed by atoms with E-state index >= 15 is 0 Å². The lowest BCUT2D eigenvalue weighted by Crippen LogP contribution is -2.52. The number of benzene rings is 2. The molecule has 4 rings (SSSR count). The van der Waals surface area contributed by atoms with E-state index in [0.717, 1.165) is 63.6 Å². The standard InChI is InChI=1S/C24H31FN4O2.2C4H4O4/c25-22-6-8-23(9-7-22)28-16-12-26(13-17-28)10-11-27-14-18-29(19-15-27)24(30)31-20-21-4-2-1-3-5-21;2*5-3(6)1-2-4(7)8/h1-9H,10-20H2;2*1-2H,(H,5,6)(H,7,8)/b;2*2-1+. The molecule has 254 valence electrons. The zero-order valence-corrected chi connectivity index (χ0v) is 25.7. The summed E-state index contributed by atoms with van der Waals surface area (Å²) in [5.74, 6) is -5.22. The Kier molecular flexibility index (Phi) is 16.7. The Morgan fingerprint density at radius 2 is 1.04 bits per heavy atom. The molecule has 0 atom stereocenters. The first kappa shape index (κ1) is 37.9. The van der Waals surface area contributed by atoms with Crippen molar-refractivity contribution in [3.8, 4) is 0 Å². The predicted octanol–water partition coefficient (Wildman–Crippen LogP) is 2.33. The van der Waals surface area contributed by atoms with Crippen molar-refractivity contribution in [1.29, 1.82) is 0 Å². The zero-order chi connectivity index (χ0) is 34.6. The van der Waals surface area contributed by atoms with Gasteiger partial charge in [-0.3, -0.25) is 9.80 Å². The highest BCUT2D eigenvalue weighted by atomic mass is 19.1. The molecule has 0 spiro atoms. The van der Waals surface area contributed by atoms with Gasteiger partial charge in [0.15, 0.2) is 0 Å². The van der Waals surface area contributed by atoms with Gasteiger partial charge in [-0.05, 0) is 29.8 Å². The molecule has 47 heavy (non-hydrogen) atoms. The van der Waals surface area contributed by atoms with Crippen molar-refractivity contribution in [3.63, 3.8) is 0 Å². The number of amides is 1. The van der Waals surface area contributed by atoms with Crippen molar-refractivity contribution in [3.05, 3.63) is 90.3 Å². The van der Waals surface area contributed by atoms with E-state index in [1.165, 1.54) is 12.1 Å². The maximum atomic E-state index is 13.1. The van der Waals surface area contributed by atoms with Crippen molar-refractivity contribution in [1.82, 2.24) is 14.7 Å². The van der Waals surface area contributed by atoms with E-state index < -0.39 is 23.9 Å². The highest BCUT2D eigenvalue weighted by molar-refractivity contribution is 5.90. The first-order chi connectivity index (χ1) is 22.4. The maximum Gasteiger partial charge on any atom is 0.410 e. The van der Waals surface area contributed by atoms with Gasteiger partial charge >= 0.3 is 30.0 Å². The fourth-order valence-electron chi connectivity index (χ4n) is 4.41. The smallest absolute Gasteiger partial charge is 0.410 e. The molecule has 2 fully saturated rings. The zero-order valence-electron chi connectivity index (χ0n) is 25.7. The van der Waals surface area contributed by atoms with Gasteiger partial charge in [-0.15, -0.1) is 0 Å². The predicted molar refractivity (Wildman–Crippen MR) is 169 cm³/mol. The monoisotopic (exact) mass is 658 g/mol. The average molecular weight is 659 g/mol. The molecule has 2 aromatic rings. The largest absolute Gasteiger partial charge is 0.478 e. The van der Waals surface area contributed by atoms with Crippen LogP contribution in [0.2, 0.25) is 0 Å². The van der Waals surface area contributed by atoms with Crippen LogP contribution in [-0.2, 0) is 30.5 Å². The molecule has 4 N–H and O–H groups in total. The van der Waals surface area contributed by atoms with Crippen LogP contribution in [0.5, 0.6) is 0 Å². The molecule has 0 bridgehead atoms. The number of carboxylic acid groups (broad SMARTS) is 4. The average Bonchev–Trinajstić information content (AvgIpc) is 3.06. The summed E-state index contributed by atoms with van der Waals surface area (Å²) in [7, 11) is 0. The number of halogens is 1. The number of rotatable bonds is 10. The molecule has 2 aromatic carbocycles. The lowest BCUT2D eigenvalue weighted by Gasteiger charge is -2.38. The van der Waals surface area contributed by atoms with Gasteiger partial charge in [0.25, 0.3) is 0 Å². The molecule has 15 heteroatoms. The van der Waals surface area contributed by atoms with Gasteiger partial charge in [-0.25, -0.2) is 28.4 Å². The first-order valence-corrected chi connectivity index (χ1v) is 14.6. The second-order valence-corrected chi connectivity index (χ2v) is 10.2. The lowest BCUT2D eigenvalue weighted by atomic mass is 10.2. The normalized spacial score (nSPS) is 15.3. The number of carbonyl (C=O) groups is 5. The van der Waals surface area contributed by atoms with E-state index in [0.29, 0.717) is 44.0 Å². The molecular formula is C32H39FN4O10. The molecule has 0 saturated carbocycles. The first-order valence-electron chi connectivity index (χ1n) is 14.6. The van der Waals surface area contributed by atoms with Crippen molar-refractivity contribution >= 4 is 35.7 Å². The van der Waals surface area contributed by atoms with Crippen LogP contribution in [-0.4, -0.2) is 131 Å². The van der Waals surface area contributed by atoms with E-state index in [1.807, 2.05) is 42.5 Å². The number of aliphatic carboxylic acids is 4. The number of carboxylic acids is 4. The summed E-state index contributed by atoms with van der Waals surface area (Å²) in [4.78, 5) is 59.5. The Labute approximate surface area is 271 Å². The van der Waals surface area contributed by atoms with Crippen LogP contribution in [0, 0.1) is 5.82 Å². The molecule has 0 radical (unpaired) electrons. The molecule has 2 aliphatic rings. The summed E-state index contributed by atoms with van der Waals surface area (Å²) in [6, 6.07) is 16.5. The molecule has 1 amide bonds. The van der Waals surface area contributed by atoms with Crippen molar-refractivity contribution < 1.29 is 53.5 Å². The van der Waals surface area contributed by atoms with Crippen LogP contribution in [0.1, 0.15) is 5.56 Å². The Morgan fingerprint density at radius 1 is 0.617 bits per heavy atom. The van der Waals surface area contributed by atoms with Crippen molar-refractivity contribution in [2.75, 3.05) is 70.3 Å². The summed E-state index contributed by atoms with van der Waals surface area (Å²) < 4.78 is 18.6. The SMILES string of the molecule is O=C(O)/C=C/C(=O)O.O=C(O)/C=C/C(=O)O.O=C(OCc1ccccc1)N1CCN(CCN2CCN(c3ccc(F)cc3)CC2)CC1. The number of carbonyl (C=O) groups excluding carboxylic acids is 1. The fourth-order valence-corrected chi connectivity index (χ4v) is 4.41. The second-order valence-electron chi connectivity index (χ2n) is 10.2. The Hall–Kier alpha value is -5.28. The van der Waals surface area contributed by atoms with E-state index in [9.17, 15) is 28.4 Å². The van der Waals surface area contributed by atoms with Crippen LogP contribution in [0.4, 0.5) is 14.9 Å². The molecule has 2 aliphatic heterocycles. The Bertz CT molecular complexity index is 1290. The molecule has 0 aromatic heterocycles. The maximum absolute atomic E-state index is 13.1. The quantitative estimate of drug-likeness (QED) is 0.273. The molecule has 2 heterocycles. The summed E-state index contributed by atoms with van der Waals surface area (Å²) in [6.07, 6.45) is 2.01. The number of ether oxygens (including phenoxy) is 1. The van der Waals surface area contributed by atoms with Gasteiger partial charge in [0.2, 0.25) is 0 Å². The van der Waals surface area contributed by atoms with Gasteiger partial charge < -0.3 is 35.0 Å². The summed E-state index contributed by atoms with van der Waals surface area (Å²) in [5.41, 5.74) is 2.10. The minimum absolute atomic E-state index is 0.188. The van der Waals surface area contributed by atoms with E-state index in [-0.39, 0.29) is 11.9 Å². The molecule has 0 aliphatic carbocycles. The fraction of sp³-hybridized carbons (Fsp3) is 0.344. The summed E-state index contributed by atoms with van der Waals surface area (Å²) in [5, 5.41) is 31.2. The van der Waals surface area contributed by atoms with Gasteiger partial charge in [-0.1, -0.05) is 30.3 Å². The number of hydrogen-bond donors (Lipinski definition) is 4. The van der Waals surface area contributed by atoms with Crippen LogP contribution in [0.15, 0.2) is 78.9 Å². The van der Waals surface area contributed by atoms with Crippen LogP contribution >= 0.6 is 0 Å². The van der Waals surface area contributed by atoms with Crippen molar-refractivity contribution in [2.24, 2.45) is 0 Å². The van der Waals surface area contributed by atoms with E-state index in [1.54, 1.807) is 4.90 Å². The van der Waals surface area contributed by atoms with Crippen molar-refractivity contribution in [2.45, 2.75) is 6.61 Å². The minimum Gasteiger partial charge on any atom is -0.478 e. The highest BCUT2D eigenvalue weighted by Crippen LogP contribution is 2.17. The van der Waals surface area contributed by atoms with Crippen LogP contribution < -0.4 is 4.90 Å². The summed E-state index contributed by atoms with van der Waals surface area (Å²) in [6.45, 7) is 9.54. The van der Waals surface area contributed by atoms with E-state index in [2.05, 4.69) is 14.7 Å². The minimum atomic E-state index is -1.26. The summed E-state index contributed by atoms with van der Waals surface area (Å²) >= 11 is 0.